The van der Waals surface area contributed by atoms with Crippen LogP contribution in [0.15, 0.2) is 261 Å². The van der Waals surface area contributed by atoms with E-state index in [0.717, 1.165) is 17.1 Å². The van der Waals surface area contributed by atoms with Gasteiger partial charge in [-0.15, -0.1) is 22.7 Å². The van der Waals surface area contributed by atoms with E-state index in [1.807, 2.05) is 22.7 Å². The first-order chi connectivity index (χ1) is 35.2. The molecule has 15 rings (SSSR count). The van der Waals surface area contributed by atoms with Crippen molar-refractivity contribution < 1.29 is 0 Å². The van der Waals surface area contributed by atoms with Crippen LogP contribution in [-0.4, -0.2) is 8.07 Å². The Morgan fingerprint density at radius 3 is 1.58 bits per heavy atom. The molecule has 13 aromatic rings. The fourth-order valence-corrected chi connectivity index (χ4v) is 20.2. The SMILES string of the molecule is c1ccc(C2(c3ccccc3)c3ccccc3-c3ccc(N(c4cccc([Si]5(c6ccccc6)c6ccccc6-c6cc7sc8ccccc8c7cc65)c4)c4ccc5c(c4)sc4ccccc45)cc32)cc1. The molecule has 0 spiro atoms. The first-order valence-corrected chi connectivity index (χ1v) is 28.1. The minimum absolute atomic E-state index is 0.536. The maximum absolute atomic E-state index is 2.94. The number of fused-ring (bicyclic) bond motifs is 12. The molecule has 1 nitrogen and oxygen atoms in total. The Kier molecular flexibility index (Phi) is 9.00. The van der Waals surface area contributed by atoms with Gasteiger partial charge >= 0.3 is 0 Å². The van der Waals surface area contributed by atoms with Crippen molar-refractivity contribution in [2.75, 3.05) is 4.90 Å². The molecule has 11 aromatic carbocycles. The van der Waals surface area contributed by atoms with Crippen molar-refractivity contribution in [1.29, 1.82) is 0 Å². The van der Waals surface area contributed by atoms with Crippen LogP contribution in [0.2, 0.25) is 0 Å². The maximum Gasteiger partial charge on any atom is 0.180 e. The summed E-state index contributed by atoms with van der Waals surface area (Å²) in [5, 5.41) is 11.0. The molecule has 0 saturated carbocycles. The zero-order valence-corrected chi connectivity index (χ0v) is 41.2. The molecule has 0 saturated heterocycles. The molecule has 0 fully saturated rings. The van der Waals surface area contributed by atoms with E-state index < -0.39 is 13.5 Å². The first kappa shape index (κ1) is 40.7. The Bertz CT molecular complexity index is 4210. The number of thiophene rings is 2. The summed E-state index contributed by atoms with van der Waals surface area (Å²) in [6.07, 6.45) is 0. The molecular weight excluding hydrogens is 911 g/mol. The van der Waals surface area contributed by atoms with E-state index >= 15 is 0 Å². The van der Waals surface area contributed by atoms with Crippen molar-refractivity contribution in [1.82, 2.24) is 0 Å². The normalized spacial score (nSPS) is 15.2. The Morgan fingerprint density at radius 2 is 0.831 bits per heavy atom. The van der Waals surface area contributed by atoms with E-state index in [0.29, 0.717) is 0 Å². The van der Waals surface area contributed by atoms with Gasteiger partial charge in [-0.1, -0.05) is 206 Å². The zero-order chi connectivity index (χ0) is 46.7. The first-order valence-electron chi connectivity index (χ1n) is 24.5. The highest BCUT2D eigenvalue weighted by Crippen LogP contribution is 2.57. The van der Waals surface area contributed by atoms with Crippen LogP contribution in [0.3, 0.4) is 0 Å². The second-order valence-corrected chi connectivity index (χ2v) is 25.0. The molecule has 71 heavy (non-hydrogen) atoms. The van der Waals surface area contributed by atoms with Crippen molar-refractivity contribution in [3.63, 3.8) is 0 Å². The molecule has 0 N–H and O–H groups in total. The summed E-state index contributed by atoms with van der Waals surface area (Å²) in [6.45, 7) is 0. The molecule has 4 heteroatoms. The van der Waals surface area contributed by atoms with Gasteiger partial charge < -0.3 is 4.90 Å². The Morgan fingerprint density at radius 1 is 0.296 bits per heavy atom. The molecule has 1 aliphatic carbocycles. The van der Waals surface area contributed by atoms with Crippen molar-refractivity contribution >= 4 is 109 Å². The van der Waals surface area contributed by atoms with Gasteiger partial charge in [0.15, 0.2) is 8.07 Å². The molecule has 0 bridgehead atoms. The lowest BCUT2D eigenvalue weighted by Crippen LogP contribution is -2.72. The van der Waals surface area contributed by atoms with Gasteiger partial charge in [-0.05, 0) is 120 Å². The highest BCUT2D eigenvalue weighted by molar-refractivity contribution is 7.26. The third kappa shape index (κ3) is 5.78. The van der Waals surface area contributed by atoms with Crippen LogP contribution in [-0.2, 0) is 5.41 Å². The number of anilines is 3. The van der Waals surface area contributed by atoms with Crippen LogP contribution in [0.4, 0.5) is 17.1 Å². The van der Waals surface area contributed by atoms with Crippen molar-refractivity contribution in [3.05, 3.63) is 283 Å². The topological polar surface area (TPSA) is 3.24 Å². The average molecular weight is 954 g/mol. The lowest BCUT2D eigenvalue weighted by atomic mass is 9.67. The highest BCUT2D eigenvalue weighted by atomic mass is 32.1. The molecule has 332 valence electrons. The van der Waals surface area contributed by atoms with Crippen molar-refractivity contribution in [3.8, 4) is 22.3 Å². The zero-order valence-electron chi connectivity index (χ0n) is 38.6. The van der Waals surface area contributed by atoms with Gasteiger partial charge in [0, 0.05) is 57.4 Å². The Labute approximate surface area is 421 Å². The van der Waals surface area contributed by atoms with Crippen LogP contribution in [0, 0.1) is 0 Å². The predicted molar refractivity (Wildman–Crippen MR) is 307 cm³/mol. The summed E-state index contributed by atoms with van der Waals surface area (Å²) in [5.41, 5.74) is 13.3. The van der Waals surface area contributed by atoms with Gasteiger partial charge in [-0.25, -0.2) is 0 Å². The minimum Gasteiger partial charge on any atom is -0.310 e. The molecule has 1 aliphatic heterocycles. The van der Waals surface area contributed by atoms with E-state index in [2.05, 4.69) is 266 Å². The number of benzene rings is 11. The van der Waals surface area contributed by atoms with E-state index in [9.17, 15) is 0 Å². The molecular formula is C67H43NS2Si. The second-order valence-electron chi connectivity index (χ2n) is 19.1. The molecule has 1 unspecified atom stereocenters. The number of rotatable bonds is 7. The van der Waals surface area contributed by atoms with Crippen molar-refractivity contribution in [2.24, 2.45) is 0 Å². The summed E-state index contributed by atoms with van der Waals surface area (Å²) in [5.74, 6) is 0. The number of nitrogens with zero attached hydrogens (tertiary/aromatic N) is 1. The van der Waals surface area contributed by atoms with Crippen LogP contribution >= 0.6 is 22.7 Å². The van der Waals surface area contributed by atoms with Gasteiger partial charge in [-0.2, -0.15) is 0 Å². The summed E-state index contributed by atoms with van der Waals surface area (Å²) in [6, 6.07) is 99.1. The fraction of sp³-hybridized carbons (Fsp3) is 0.0149. The fourth-order valence-electron chi connectivity index (χ4n) is 12.7. The van der Waals surface area contributed by atoms with E-state index in [-0.39, 0.29) is 0 Å². The molecule has 1 atom stereocenters. The maximum atomic E-state index is 2.59. The highest BCUT2D eigenvalue weighted by Gasteiger charge is 2.50. The Balaban J connectivity index is 1.01. The predicted octanol–water partition coefficient (Wildman–Crippen LogP) is 15.6. The lowest BCUT2D eigenvalue weighted by molar-refractivity contribution is 0.768. The standard InChI is InChI=1S/C67H43NS2Si/c1-4-19-44(20-5-1)67(45-21-6-2-7-22-45)59-31-14-10-27-51(59)52-37-35-47(40-60(52)67)68(48-36-38-55-53-28-11-15-32-61(53)69-63(55)41-48)46-23-18-26-50(39-46)71(49-24-8-3-9-25-49)65-34-17-13-30-56(65)58-42-64-57(43-66(58)71)54-29-12-16-33-62(54)70-64/h1-43H. The smallest absolute Gasteiger partial charge is 0.180 e. The van der Waals surface area contributed by atoms with E-state index in [1.54, 1.807) is 0 Å². The monoisotopic (exact) mass is 953 g/mol. The van der Waals surface area contributed by atoms with Crippen LogP contribution in [0.25, 0.3) is 62.6 Å². The minimum atomic E-state index is -2.94. The van der Waals surface area contributed by atoms with Crippen molar-refractivity contribution in [2.45, 2.75) is 5.41 Å². The van der Waals surface area contributed by atoms with Gasteiger partial charge in [0.05, 0.1) is 5.41 Å². The summed E-state index contributed by atoms with van der Waals surface area (Å²) < 4.78 is 5.26. The Hall–Kier alpha value is -8.12. The molecule has 0 amide bonds. The molecule has 2 aliphatic rings. The van der Waals surface area contributed by atoms with E-state index in [1.165, 1.54) is 106 Å². The molecule has 2 aromatic heterocycles. The largest absolute Gasteiger partial charge is 0.310 e. The third-order valence-electron chi connectivity index (χ3n) is 15.6. The number of hydrogen-bond acceptors (Lipinski definition) is 3. The summed E-state index contributed by atoms with van der Waals surface area (Å²) in [4.78, 5) is 2.54. The summed E-state index contributed by atoms with van der Waals surface area (Å²) in [7, 11) is -2.94. The second kappa shape index (κ2) is 15.7. The average Bonchev–Trinajstić information content (AvgIpc) is 4.17. The molecule has 0 radical (unpaired) electrons. The molecule has 3 heterocycles. The third-order valence-corrected chi connectivity index (χ3v) is 22.7. The van der Waals surface area contributed by atoms with Gasteiger partial charge in [0.2, 0.25) is 0 Å². The van der Waals surface area contributed by atoms with Gasteiger partial charge in [0.1, 0.15) is 0 Å². The van der Waals surface area contributed by atoms with Gasteiger partial charge in [0.25, 0.3) is 0 Å². The van der Waals surface area contributed by atoms with Crippen LogP contribution < -0.4 is 25.6 Å². The summed E-state index contributed by atoms with van der Waals surface area (Å²) >= 11 is 3.79. The quantitative estimate of drug-likeness (QED) is 0.144. The lowest BCUT2D eigenvalue weighted by Gasteiger charge is -2.35. The van der Waals surface area contributed by atoms with E-state index in [4.69, 9.17) is 0 Å². The van der Waals surface area contributed by atoms with Crippen LogP contribution in [0.1, 0.15) is 22.3 Å². The van der Waals surface area contributed by atoms with Crippen LogP contribution in [0.5, 0.6) is 0 Å². The van der Waals surface area contributed by atoms with Gasteiger partial charge in [-0.3, -0.25) is 0 Å². The number of hydrogen-bond donors (Lipinski definition) is 0.